The summed E-state index contributed by atoms with van der Waals surface area (Å²) < 4.78 is 6.09. The first-order valence-electron chi connectivity index (χ1n) is 9.50. The summed E-state index contributed by atoms with van der Waals surface area (Å²) in [6.07, 6.45) is 0. The van der Waals surface area contributed by atoms with Gasteiger partial charge in [-0.1, -0.05) is 36.4 Å². The molecule has 0 N–H and O–H groups in total. The molecule has 1 saturated heterocycles. The highest BCUT2D eigenvalue weighted by atomic mass is 16.3. The van der Waals surface area contributed by atoms with Crippen molar-refractivity contribution in [2.24, 2.45) is 0 Å². The molecule has 4 aromatic rings. The van der Waals surface area contributed by atoms with Gasteiger partial charge in [0.05, 0.1) is 0 Å². The van der Waals surface area contributed by atoms with Crippen molar-refractivity contribution in [3.05, 3.63) is 77.4 Å². The van der Waals surface area contributed by atoms with E-state index in [0.29, 0.717) is 17.9 Å². The second-order valence-electron chi connectivity index (χ2n) is 7.89. The molecule has 6 rings (SSSR count). The Morgan fingerprint density at radius 2 is 1.69 bits per heavy atom. The number of rotatable bonds is 1. The first kappa shape index (κ1) is 14.4. The van der Waals surface area contributed by atoms with Crippen LogP contribution in [0.2, 0.25) is 0 Å². The van der Waals surface area contributed by atoms with Crippen LogP contribution in [0.4, 0.5) is 5.69 Å². The van der Waals surface area contributed by atoms with Gasteiger partial charge in [-0.2, -0.15) is 0 Å². The monoisotopic (exact) mass is 339 g/mol. The molecule has 2 bridgehead atoms. The molecular formula is C24H21NO. The van der Waals surface area contributed by atoms with Crippen molar-refractivity contribution in [2.75, 3.05) is 11.4 Å². The average molecular weight is 339 g/mol. The van der Waals surface area contributed by atoms with Gasteiger partial charge in [-0.3, -0.25) is 0 Å². The van der Waals surface area contributed by atoms with Crippen molar-refractivity contribution in [3.63, 3.8) is 0 Å². The van der Waals surface area contributed by atoms with E-state index in [1.807, 2.05) is 6.07 Å². The fourth-order valence-electron chi connectivity index (χ4n) is 5.42. The highest BCUT2D eigenvalue weighted by molar-refractivity contribution is 6.05. The number of nitrogens with zero attached hydrogens (tertiary/aromatic N) is 1. The van der Waals surface area contributed by atoms with E-state index in [2.05, 4.69) is 73.3 Å². The summed E-state index contributed by atoms with van der Waals surface area (Å²) >= 11 is 0. The van der Waals surface area contributed by atoms with Crippen molar-refractivity contribution in [3.8, 4) is 0 Å². The minimum absolute atomic E-state index is 0.532. The molecule has 0 spiro atoms. The zero-order chi connectivity index (χ0) is 17.4. The van der Waals surface area contributed by atoms with Gasteiger partial charge in [0, 0.05) is 40.9 Å². The smallest absolute Gasteiger partial charge is 0.135 e. The Labute approximate surface area is 153 Å². The molecule has 0 amide bonds. The molecule has 2 aliphatic rings. The van der Waals surface area contributed by atoms with Crippen molar-refractivity contribution in [1.82, 2.24) is 0 Å². The fraction of sp³-hybridized carbons (Fsp3) is 0.250. The first-order valence-corrected chi connectivity index (χ1v) is 9.50. The molecule has 3 aromatic carbocycles. The molecule has 26 heavy (non-hydrogen) atoms. The van der Waals surface area contributed by atoms with Crippen molar-refractivity contribution in [1.29, 1.82) is 0 Å². The van der Waals surface area contributed by atoms with Crippen LogP contribution in [0.5, 0.6) is 0 Å². The Bertz CT molecular complexity index is 1170. The molecule has 3 heterocycles. The maximum Gasteiger partial charge on any atom is 0.135 e. The molecule has 2 aliphatic heterocycles. The van der Waals surface area contributed by atoms with Crippen LogP contribution in [-0.4, -0.2) is 12.6 Å². The zero-order valence-corrected chi connectivity index (χ0v) is 15.1. The van der Waals surface area contributed by atoms with Crippen LogP contribution in [0.3, 0.4) is 0 Å². The highest BCUT2D eigenvalue weighted by Gasteiger charge is 2.47. The molecule has 128 valence electrons. The van der Waals surface area contributed by atoms with E-state index in [4.69, 9.17) is 4.42 Å². The van der Waals surface area contributed by atoms with Crippen molar-refractivity contribution < 1.29 is 4.42 Å². The lowest BCUT2D eigenvalue weighted by Crippen LogP contribution is -2.31. The van der Waals surface area contributed by atoms with Crippen LogP contribution < -0.4 is 4.90 Å². The lowest BCUT2D eigenvalue weighted by atomic mass is 9.77. The van der Waals surface area contributed by atoms with E-state index >= 15 is 0 Å². The predicted octanol–water partition coefficient (Wildman–Crippen LogP) is 5.98. The Morgan fingerprint density at radius 3 is 2.62 bits per heavy atom. The van der Waals surface area contributed by atoms with E-state index < -0.39 is 0 Å². The number of hydrogen-bond acceptors (Lipinski definition) is 2. The fourth-order valence-corrected chi connectivity index (χ4v) is 5.42. The number of anilines is 1. The van der Waals surface area contributed by atoms with Crippen molar-refractivity contribution >= 4 is 27.6 Å². The normalized spacial score (nSPS) is 23.9. The first-order chi connectivity index (χ1) is 12.7. The van der Waals surface area contributed by atoms with E-state index in [1.54, 1.807) is 0 Å². The lowest BCUT2D eigenvalue weighted by Gasteiger charge is -2.33. The quantitative estimate of drug-likeness (QED) is 0.424. The van der Waals surface area contributed by atoms with Gasteiger partial charge in [0.25, 0.3) is 0 Å². The number of furan rings is 1. The Morgan fingerprint density at radius 1 is 0.885 bits per heavy atom. The predicted molar refractivity (Wildman–Crippen MR) is 107 cm³/mol. The van der Waals surface area contributed by atoms with Crippen LogP contribution in [0, 0.1) is 6.92 Å². The third-order valence-corrected chi connectivity index (χ3v) is 6.61. The number of fused-ring (bicyclic) bond motifs is 8. The summed E-state index contributed by atoms with van der Waals surface area (Å²) in [5.41, 5.74) is 7.78. The molecule has 0 radical (unpaired) electrons. The van der Waals surface area contributed by atoms with Crippen LogP contribution in [-0.2, 0) is 0 Å². The molecule has 3 atom stereocenters. The van der Waals surface area contributed by atoms with Gasteiger partial charge in [0.15, 0.2) is 0 Å². The van der Waals surface area contributed by atoms with E-state index in [1.165, 1.54) is 33.2 Å². The Balaban J connectivity index is 1.57. The van der Waals surface area contributed by atoms with Gasteiger partial charge in [-0.25, -0.2) is 0 Å². The number of benzene rings is 3. The third kappa shape index (κ3) is 1.72. The molecule has 1 fully saturated rings. The maximum absolute atomic E-state index is 6.09. The van der Waals surface area contributed by atoms with E-state index in [-0.39, 0.29) is 0 Å². The second kappa shape index (κ2) is 4.91. The average Bonchev–Trinajstić information content (AvgIpc) is 3.30. The number of para-hydroxylation sites is 2. The molecule has 2 unspecified atom stereocenters. The summed E-state index contributed by atoms with van der Waals surface area (Å²) in [5.74, 6) is 1.14. The van der Waals surface area contributed by atoms with Gasteiger partial charge < -0.3 is 9.32 Å². The Hall–Kier alpha value is -2.74. The van der Waals surface area contributed by atoms with Gasteiger partial charge >= 0.3 is 0 Å². The van der Waals surface area contributed by atoms with Crippen LogP contribution in [0.25, 0.3) is 21.9 Å². The Kier molecular flexibility index (Phi) is 2.73. The third-order valence-electron chi connectivity index (χ3n) is 6.61. The highest BCUT2D eigenvalue weighted by Crippen LogP contribution is 2.54. The summed E-state index contributed by atoms with van der Waals surface area (Å²) in [6.45, 7) is 5.77. The van der Waals surface area contributed by atoms with Crippen LogP contribution in [0.1, 0.15) is 35.4 Å². The molecule has 0 saturated carbocycles. The summed E-state index contributed by atoms with van der Waals surface area (Å²) in [5, 5.41) is 2.47. The molecule has 1 aromatic heterocycles. The van der Waals surface area contributed by atoms with Crippen LogP contribution >= 0.6 is 0 Å². The van der Waals surface area contributed by atoms with Crippen LogP contribution in [0.15, 0.2) is 65.1 Å². The summed E-state index contributed by atoms with van der Waals surface area (Å²) in [4.78, 5) is 2.60. The SMILES string of the molecule is Cc1cc2oc3ccccc3c2cc1C1C2CN(c3ccccc32)[C@@H]1C. The standard InChI is InChI=1S/C24H21NO/c1-14-11-23-19(17-8-4-6-10-22(17)26-23)12-18(14)24-15(2)25-13-20(24)16-7-3-5-9-21(16)25/h3-12,15,20,24H,13H2,1-2H3/t15-,20?,24?/m1/s1. The largest absolute Gasteiger partial charge is 0.456 e. The molecule has 2 heteroatoms. The summed E-state index contributed by atoms with van der Waals surface area (Å²) in [7, 11) is 0. The minimum atomic E-state index is 0.532. The lowest BCUT2D eigenvalue weighted by molar-refractivity contribution is 0.567. The number of hydrogen-bond donors (Lipinski definition) is 0. The topological polar surface area (TPSA) is 16.4 Å². The summed E-state index contributed by atoms with van der Waals surface area (Å²) in [6, 6.07) is 22.5. The van der Waals surface area contributed by atoms with Gasteiger partial charge in [-0.15, -0.1) is 0 Å². The van der Waals surface area contributed by atoms with E-state index in [9.17, 15) is 0 Å². The maximum atomic E-state index is 6.09. The van der Waals surface area contributed by atoms with Gasteiger partial charge in [0.1, 0.15) is 11.2 Å². The van der Waals surface area contributed by atoms with Crippen molar-refractivity contribution in [2.45, 2.75) is 31.7 Å². The second-order valence-corrected chi connectivity index (χ2v) is 7.89. The zero-order valence-electron chi connectivity index (χ0n) is 15.1. The van der Waals surface area contributed by atoms with Gasteiger partial charge in [0.2, 0.25) is 0 Å². The molecule has 0 aliphatic carbocycles. The van der Waals surface area contributed by atoms with E-state index in [0.717, 1.165) is 17.7 Å². The molecule has 2 nitrogen and oxygen atoms in total. The molecular weight excluding hydrogens is 318 g/mol. The van der Waals surface area contributed by atoms with Gasteiger partial charge in [-0.05, 0) is 54.8 Å². The number of aryl methyl sites for hydroxylation is 1. The minimum Gasteiger partial charge on any atom is -0.456 e.